The predicted octanol–water partition coefficient (Wildman–Crippen LogP) is 2.29. The molecular formula is C12H12F2N4O. The average molecular weight is 266 g/mol. The molecule has 2 aromatic rings. The molecule has 0 bridgehead atoms. The minimum absolute atomic E-state index is 0.0767. The number of aromatic nitrogens is 3. The second-order valence-corrected chi connectivity index (χ2v) is 3.93. The first-order chi connectivity index (χ1) is 9.10. The summed E-state index contributed by atoms with van der Waals surface area (Å²) in [6.07, 6.45) is 1.54. The van der Waals surface area contributed by atoms with Gasteiger partial charge < -0.3 is 5.32 Å². The zero-order chi connectivity index (χ0) is 13.8. The molecule has 0 saturated carbocycles. The fraction of sp³-hybridized carbons (Fsp3) is 0.250. The number of nitrogens with zero attached hydrogens (tertiary/aromatic N) is 2. The molecule has 7 heteroatoms. The van der Waals surface area contributed by atoms with Crippen molar-refractivity contribution in [3.05, 3.63) is 41.5 Å². The van der Waals surface area contributed by atoms with Crippen molar-refractivity contribution in [3.63, 3.8) is 0 Å². The van der Waals surface area contributed by atoms with Crippen molar-refractivity contribution < 1.29 is 13.6 Å². The van der Waals surface area contributed by atoms with Crippen LogP contribution in [0.1, 0.15) is 29.8 Å². The first-order valence-corrected chi connectivity index (χ1v) is 5.78. The summed E-state index contributed by atoms with van der Waals surface area (Å²) in [5.74, 6) is -1.69. The minimum atomic E-state index is -0.849. The first-order valence-electron chi connectivity index (χ1n) is 5.78. The highest BCUT2D eigenvalue weighted by Gasteiger charge is 2.14. The molecule has 19 heavy (non-hydrogen) atoms. The van der Waals surface area contributed by atoms with E-state index in [0.717, 1.165) is 18.6 Å². The van der Waals surface area contributed by atoms with E-state index < -0.39 is 17.5 Å². The Balaban J connectivity index is 2.11. The second kappa shape index (κ2) is 5.55. The van der Waals surface area contributed by atoms with Gasteiger partial charge >= 0.3 is 0 Å². The SMILES string of the molecule is CCCc1nc(C(=O)Nc2ccc(F)cc2F)n[nH]1. The van der Waals surface area contributed by atoms with Crippen LogP contribution in [-0.4, -0.2) is 21.1 Å². The van der Waals surface area contributed by atoms with Gasteiger partial charge in [0, 0.05) is 12.5 Å². The number of rotatable bonds is 4. The Morgan fingerprint density at radius 3 is 2.89 bits per heavy atom. The summed E-state index contributed by atoms with van der Waals surface area (Å²) in [5.41, 5.74) is -0.117. The number of hydrogen-bond donors (Lipinski definition) is 2. The number of nitrogens with one attached hydrogen (secondary N) is 2. The molecule has 0 atom stereocenters. The van der Waals surface area contributed by atoms with Crippen molar-refractivity contribution in [3.8, 4) is 0 Å². The summed E-state index contributed by atoms with van der Waals surface area (Å²) in [6, 6.07) is 2.89. The third kappa shape index (κ3) is 3.12. The lowest BCUT2D eigenvalue weighted by Gasteiger charge is -2.03. The maximum Gasteiger partial charge on any atom is 0.295 e. The van der Waals surface area contributed by atoms with E-state index in [2.05, 4.69) is 20.5 Å². The van der Waals surface area contributed by atoms with Gasteiger partial charge in [-0.05, 0) is 18.6 Å². The van der Waals surface area contributed by atoms with Gasteiger partial charge in [0.25, 0.3) is 5.91 Å². The molecule has 0 unspecified atom stereocenters. The van der Waals surface area contributed by atoms with Gasteiger partial charge in [-0.15, -0.1) is 5.10 Å². The zero-order valence-corrected chi connectivity index (χ0v) is 10.2. The summed E-state index contributed by atoms with van der Waals surface area (Å²) in [7, 11) is 0. The Morgan fingerprint density at radius 2 is 2.21 bits per heavy atom. The number of amides is 1. The molecule has 0 saturated heterocycles. The van der Waals surface area contributed by atoms with Crippen LogP contribution in [-0.2, 0) is 6.42 Å². The van der Waals surface area contributed by atoms with E-state index in [1.807, 2.05) is 6.92 Å². The van der Waals surface area contributed by atoms with Gasteiger partial charge in [0.1, 0.15) is 17.5 Å². The highest BCUT2D eigenvalue weighted by molar-refractivity contribution is 6.01. The van der Waals surface area contributed by atoms with Crippen LogP contribution in [0.15, 0.2) is 18.2 Å². The number of halogens is 2. The van der Waals surface area contributed by atoms with Crippen LogP contribution >= 0.6 is 0 Å². The molecule has 1 heterocycles. The maximum atomic E-state index is 13.3. The van der Waals surface area contributed by atoms with Crippen molar-refractivity contribution in [2.75, 3.05) is 5.32 Å². The number of hydrogen-bond acceptors (Lipinski definition) is 3. The Bertz CT molecular complexity index is 597. The quantitative estimate of drug-likeness (QED) is 0.891. The highest BCUT2D eigenvalue weighted by atomic mass is 19.1. The van der Waals surface area contributed by atoms with Gasteiger partial charge in [-0.25, -0.2) is 13.8 Å². The number of carbonyl (C=O) groups is 1. The summed E-state index contributed by atoms with van der Waals surface area (Å²) in [4.78, 5) is 15.7. The third-order valence-corrected chi connectivity index (χ3v) is 2.40. The van der Waals surface area contributed by atoms with Gasteiger partial charge in [0.15, 0.2) is 0 Å². The van der Waals surface area contributed by atoms with E-state index in [0.29, 0.717) is 18.3 Å². The molecular weight excluding hydrogens is 254 g/mol. The Morgan fingerprint density at radius 1 is 1.42 bits per heavy atom. The Hall–Kier alpha value is -2.31. The molecule has 5 nitrogen and oxygen atoms in total. The summed E-state index contributed by atoms with van der Waals surface area (Å²) in [5, 5.41) is 8.64. The second-order valence-electron chi connectivity index (χ2n) is 3.93. The topological polar surface area (TPSA) is 70.7 Å². The number of H-pyrrole nitrogens is 1. The van der Waals surface area contributed by atoms with Gasteiger partial charge in [-0.3, -0.25) is 9.89 Å². The fourth-order valence-corrected chi connectivity index (χ4v) is 1.51. The number of carbonyl (C=O) groups excluding carboxylic acids is 1. The summed E-state index contributed by atoms with van der Waals surface area (Å²) >= 11 is 0. The molecule has 1 aromatic carbocycles. The van der Waals surface area contributed by atoms with Crippen LogP contribution in [0.4, 0.5) is 14.5 Å². The van der Waals surface area contributed by atoms with Crippen molar-refractivity contribution >= 4 is 11.6 Å². The molecule has 2 rings (SSSR count). The van der Waals surface area contributed by atoms with Gasteiger partial charge in [-0.2, -0.15) is 0 Å². The largest absolute Gasteiger partial charge is 0.317 e. The van der Waals surface area contributed by atoms with Crippen LogP contribution in [0.5, 0.6) is 0 Å². The molecule has 0 radical (unpaired) electrons. The van der Waals surface area contributed by atoms with E-state index in [4.69, 9.17) is 0 Å². The minimum Gasteiger partial charge on any atom is -0.317 e. The van der Waals surface area contributed by atoms with Crippen LogP contribution in [0.25, 0.3) is 0 Å². The zero-order valence-electron chi connectivity index (χ0n) is 10.2. The van der Waals surface area contributed by atoms with E-state index in [-0.39, 0.29) is 11.5 Å². The number of aromatic amines is 1. The van der Waals surface area contributed by atoms with Crippen LogP contribution in [0.3, 0.4) is 0 Å². The number of aryl methyl sites for hydroxylation is 1. The molecule has 1 amide bonds. The Labute approximate surface area is 108 Å². The maximum absolute atomic E-state index is 13.3. The molecule has 2 N–H and O–H groups in total. The van der Waals surface area contributed by atoms with E-state index in [1.54, 1.807) is 0 Å². The molecule has 0 fully saturated rings. The monoisotopic (exact) mass is 266 g/mol. The van der Waals surface area contributed by atoms with Crippen LogP contribution in [0.2, 0.25) is 0 Å². The normalized spacial score (nSPS) is 10.5. The summed E-state index contributed by atoms with van der Waals surface area (Å²) < 4.78 is 26.1. The van der Waals surface area contributed by atoms with E-state index in [1.165, 1.54) is 0 Å². The average Bonchev–Trinajstić information content (AvgIpc) is 2.82. The van der Waals surface area contributed by atoms with E-state index >= 15 is 0 Å². The first kappa shape index (κ1) is 13.1. The van der Waals surface area contributed by atoms with Gasteiger partial charge in [0.05, 0.1) is 5.69 Å². The molecule has 0 spiro atoms. The lowest BCUT2D eigenvalue weighted by Crippen LogP contribution is -2.15. The van der Waals surface area contributed by atoms with E-state index in [9.17, 15) is 13.6 Å². The number of anilines is 1. The molecule has 100 valence electrons. The fourth-order valence-electron chi connectivity index (χ4n) is 1.51. The van der Waals surface area contributed by atoms with Gasteiger partial charge in [-0.1, -0.05) is 6.92 Å². The lowest BCUT2D eigenvalue weighted by molar-refractivity contribution is 0.101. The molecule has 1 aromatic heterocycles. The third-order valence-electron chi connectivity index (χ3n) is 2.40. The molecule has 0 aliphatic carbocycles. The van der Waals surface area contributed by atoms with Crippen molar-refractivity contribution in [2.45, 2.75) is 19.8 Å². The molecule has 0 aliphatic rings. The number of benzene rings is 1. The van der Waals surface area contributed by atoms with Crippen molar-refractivity contribution in [1.29, 1.82) is 0 Å². The van der Waals surface area contributed by atoms with Crippen molar-refractivity contribution in [2.24, 2.45) is 0 Å². The standard InChI is InChI=1S/C12H12F2N4O/c1-2-3-10-16-11(18-17-10)12(19)15-9-5-4-7(13)6-8(9)14/h4-6H,2-3H2,1H3,(H,15,19)(H,16,17,18). The predicted molar refractivity (Wildman–Crippen MR) is 64.7 cm³/mol. The lowest BCUT2D eigenvalue weighted by atomic mass is 10.3. The van der Waals surface area contributed by atoms with Gasteiger partial charge in [0.2, 0.25) is 5.82 Å². The smallest absolute Gasteiger partial charge is 0.295 e. The Kier molecular flexibility index (Phi) is 3.84. The molecule has 0 aliphatic heterocycles. The van der Waals surface area contributed by atoms with Crippen LogP contribution < -0.4 is 5.32 Å². The van der Waals surface area contributed by atoms with Crippen molar-refractivity contribution in [1.82, 2.24) is 15.2 Å². The van der Waals surface area contributed by atoms with Crippen LogP contribution in [0, 0.1) is 11.6 Å². The highest BCUT2D eigenvalue weighted by Crippen LogP contribution is 2.15. The summed E-state index contributed by atoms with van der Waals surface area (Å²) in [6.45, 7) is 1.97.